The van der Waals surface area contributed by atoms with Crippen LogP contribution >= 0.6 is 0 Å². The summed E-state index contributed by atoms with van der Waals surface area (Å²) in [6, 6.07) is 14.0. The Morgan fingerprint density at radius 3 is 2.53 bits per heavy atom. The summed E-state index contributed by atoms with van der Waals surface area (Å²) in [7, 11) is 0.565. The van der Waals surface area contributed by atoms with Gasteiger partial charge in [0.25, 0.3) is 0 Å². The smallest absolute Gasteiger partial charge is 0.213 e. The molecule has 0 saturated carbocycles. The van der Waals surface area contributed by atoms with Crippen molar-refractivity contribution in [2.75, 3.05) is 7.05 Å². The summed E-state index contributed by atoms with van der Waals surface area (Å²) in [6.07, 6.45) is 9.70. The Labute approximate surface area is 184 Å². The zero-order chi connectivity index (χ0) is 21.9. The fourth-order valence-corrected chi connectivity index (χ4v) is 5.63. The van der Waals surface area contributed by atoms with Crippen molar-refractivity contribution in [3.63, 3.8) is 0 Å². The van der Waals surface area contributed by atoms with Gasteiger partial charge in [-0.05, 0) is 31.4 Å². The molecule has 2 aromatic rings. The maximum Gasteiger partial charge on any atom is 0.213 e. The van der Waals surface area contributed by atoms with Gasteiger partial charge in [0.15, 0.2) is 12.2 Å². The van der Waals surface area contributed by atoms with E-state index in [0.29, 0.717) is 12.0 Å². The molecule has 0 aliphatic carbocycles. The van der Waals surface area contributed by atoms with Crippen molar-refractivity contribution >= 4 is 13.3 Å². The van der Waals surface area contributed by atoms with Gasteiger partial charge >= 0.3 is 0 Å². The van der Waals surface area contributed by atoms with Crippen LogP contribution in [0.25, 0.3) is 11.3 Å². The highest BCUT2D eigenvalue weighted by Crippen LogP contribution is 2.42. The second-order valence-electron chi connectivity index (χ2n) is 9.48. The maximum atomic E-state index is 4.28. The average molecular weight is 418 g/mol. The molecule has 1 N–H and O–H groups in total. The summed E-state index contributed by atoms with van der Waals surface area (Å²) in [5, 5.41) is 4.79. The van der Waals surface area contributed by atoms with Gasteiger partial charge in [-0.2, -0.15) is 4.57 Å². The average Bonchev–Trinajstić information content (AvgIpc) is 2.72. The van der Waals surface area contributed by atoms with Crippen LogP contribution in [0.5, 0.6) is 0 Å². The lowest BCUT2D eigenvalue weighted by Gasteiger charge is -2.32. The summed E-state index contributed by atoms with van der Waals surface area (Å²) < 4.78 is 2.56. The van der Waals surface area contributed by atoms with Gasteiger partial charge in [0.2, 0.25) is 5.69 Å². The molecule has 1 aromatic heterocycles. The Balaban J connectivity index is 2.13. The monoisotopic (exact) mass is 417 g/mol. The van der Waals surface area contributed by atoms with E-state index in [-0.39, 0.29) is 0 Å². The van der Waals surface area contributed by atoms with E-state index in [1.54, 1.807) is 0 Å². The molecule has 0 fully saturated rings. The van der Waals surface area contributed by atoms with Crippen LogP contribution in [0.1, 0.15) is 43.7 Å². The Kier molecular flexibility index (Phi) is 6.82. The third-order valence-corrected chi connectivity index (χ3v) is 8.32. The number of fused-ring (bicyclic) bond motifs is 3. The van der Waals surface area contributed by atoms with Crippen molar-refractivity contribution in [1.29, 1.82) is 0 Å². The minimum absolute atomic E-state index is 0.351. The lowest BCUT2D eigenvalue weighted by molar-refractivity contribution is -0.717. The molecule has 1 aliphatic rings. The zero-order valence-corrected chi connectivity index (χ0v) is 20.3. The number of pyridine rings is 1. The summed E-state index contributed by atoms with van der Waals surface area (Å²) in [5.41, 5.74) is 6.44. The fraction of sp³-hybridized carbons (Fsp3) is 0.370. The van der Waals surface area contributed by atoms with E-state index >= 15 is 0 Å². The van der Waals surface area contributed by atoms with Gasteiger partial charge in [-0.1, -0.05) is 74.8 Å². The van der Waals surface area contributed by atoms with Crippen molar-refractivity contribution in [2.24, 2.45) is 0 Å². The van der Waals surface area contributed by atoms with Gasteiger partial charge in [0.1, 0.15) is 0 Å². The van der Waals surface area contributed by atoms with Gasteiger partial charge in [-0.25, -0.2) is 0 Å². The Bertz CT molecular complexity index is 965. The number of hydrogen-bond acceptors (Lipinski definition) is 1. The lowest BCUT2D eigenvalue weighted by atomic mass is 9.78. The van der Waals surface area contributed by atoms with Crippen LogP contribution in [0.2, 0.25) is 19.6 Å². The van der Waals surface area contributed by atoms with Crippen LogP contribution < -0.4 is 15.1 Å². The van der Waals surface area contributed by atoms with E-state index in [1.165, 1.54) is 27.6 Å². The van der Waals surface area contributed by atoms with Crippen molar-refractivity contribution in [3.8, 4) is 11.3 Å². The Morgan fingerprint density at radius 1 is 1.13 bits per heavy atom. The van der Waals surface area contributed by atoms with Crippen molar-refractivity contribution in [2.45, 2.75) is 57.8 Å². The second-order valence-corrected chi connectivity index (χ2v) is 14.6. The number of allylic oxidation sites excluding steroid dienone is 4. The van der Waals surface area contributed by atoms with E-state index in [0.717, 1.165) is 25.0 Å². The largest absolute Gasteiger partial charge is 0.392 e. The molecule has 2 unspecified atom stereocenters. The Hall–Kier alpha value is -2.39. The van der Waals surface area contributed by atoms with Crippen LogP contribution in [-0.4, -0.2) is 15.1 Å². The third-order valence-electron chi connectivity index (χ3n) is 6.29. The minimum Gasteiger partial charge on any atom is -0.392 e. The summed E-state index contributed by atoms with van der Waals surface area (Å²) in [5.74, 6) is 0.433. The lowest BCUT2D eigenvalue weighted by Crippen LogP contribution is -2.52. The van der Waals surface area contributed by atoms with Gasteiger partial charge in [-0.3, -0.25) is 0 Å². The highest BCUT2D eigenvalue weighted by Gasteiger charge is 2.40. The molecule has 2 atom stereocenters. The van der Waals surface area contributed by atoms with Crippen LogP contribution in [0.15, 0.2) is 79.2 Å². The molecule has 30 heavy (non-hydrogen) atoms. The molecule has 0 radical (unpaired) electrons. The minimum atomic E-state index is -1.41. The topological polar surface area (TPSA) is 15.9 Å². The molecule has 3 rings (SSSR count). The van der Waals surface area contributed by atoms with Crippen molar-refractivity contribution < 1.29 is 4.57 Å². The molecule has 158 valence electrons. The summed E-state index contributed by atoms with van der Waals surface area (Å²) in [4.78, 5) is 0. The van der Waals surface area contributed by atoms with Crippen LogP contribution in [0.4, 0.5) is 0 Å². The molecule has 0 bridgehead atoms. The normalized spacial score (nSPS) is 18.0. The van der Waals surface area contributed by atoms with E-state index < -0.39 is 8.07 Å². The first kappa shape index (κ1) is 22.3. The SMILES string of the molecule is C=C(/C=C\C)CCC1c2ccccc2-c2ccc([Si](C)(C)C)c[n+]2C1CC(=C)NC. The number of benzene rings is 1. The molecular formula is C27H37N2Si+. The van der Waals surface area contributed by atoms with Gasteiger partial charge in [0, 0.05) is 41.9 Å². The fourth-order valence-electron chi connectivity index (χ4n) is 4.52. The second kappa shape index (κ2) is 9.17. The first-order valence-electron chi connectivity index (χ1n) is 11.1. The predicted molar refractivity (Wildman–Crippen MR) is 133 cm³/mol. The number of aromatic nitrogens is 1. The number of hydrogen-bond donors (Lipinski definition) is 1. The number of nitrogens with zero attached hydrogens (tertiary/aromatic N) is 1. The molecule has 2 heterocycles. The zero-order valence-electron chi connectivity index (χ0n) is 19.3. The molecule has 2 nitrogen and oxygen atoms in total. The maximum absolute atomic E-state index is 4.28. The van der Waals surface area contributed by atoms with Crippen LogP contribution in [0.3, 0.4) is 0 Å². The molecule has 0 spiro atoms. The number of rotatable bonds is 8. The summed E-state index contributed by atoms with van der Waals surface area (Å²) >= 11 is 0. The standard InChI is InChI=1S/C27H37N2Si/c1-8-11-20(2)14-16-25-23-12-9-10-13-24(23)26-17-15-22(30(5,6)7)19-29(26)27(25)18-21(3)28-4/h8-13,15,17,19,25,27-28H,2-3,14,16,18H2,1,4-7H3/q+1/b11-8-. The molecule has 1 aliphatic heterocycles. The molecule has 1 aromatic carbocycles. The Morgan fingerprint density at radius 2 is 1.87 bits per heavy atom. The summed E-state index contributed by atoms with van der Waals surface area (Å²) in [6.45, 7) is 17.9. The molecular weight excluding hydrogens is 380 g/mol. The quantitative estimate of drug-likeness (QED) is 0.323. The molecule has 0 amide bonds. The van der Waals surface area contributed by atoms with Crippen LogP contribution in [-0.2, 0) is 0 Å². The van der Waals surface area contributed by atoms with E-state index in [2.05, 4.69) is 104 Å². The van der Waals surface area contributed by atoms with Crippen LogP contribution in [0, 0.1) is 0 Å². The van der Waals surface area contributed by atoms with Crippen molar-refractivity contribution in [1.82, 2.24) is 5.32 Å². The van der Waals surface area contributed by atoms with E-state index in [9.17, 15) is 0 Å². The van der Waals surface area contributed by atoms with E-state index in [1.807, 2.05) is 7.05 Å². The van der Waals surface area contributed by atoms with Gasteiger partial charge < -0.3 is 5.32 Å². The first-order valence-corrected chi connectivity index (χ1v) is 14.6. The third kappa shape index (κ3) is 4.67. The molecule has 3 heteroatoms. The highest BCUT2D eigenvalue weighted by molar-refractivity contribution is 6.88. The number of nitrogens with one attached hydrogen (secondary N) is 1. The van der Waals surface area contributed by atoms with Gasteiger partial charge in [0.05, 0.1) is 8.07 Å². The van der Waals surface area contributed by atoms with E-state index in [4.69, 9.17) is 0 Å². The predicted octanol–water partition coefficient (Wildman–Crippen LogP) is 5.86. The highest BCUT2D eigenvalue weighted by atomic mass is 28.3. The van der Waals surface area contributed by atoms with Crippen molar-refractivity contribution in [3.05, 3.63) is 84.7 Å². The molecule has 0 saturated heterocycles. The first-order chi connectivity index (χ1) is 14.3. The van der Waals surface area contributed by atoms with Gasteiger partial charge in [-0.15, -0.1) is 0 Å².